The van der Waals surface area contributed by atoms with Crippen LogP contribution < -0.4 is 0 Å². The molecule has 114 valence electrons. The zero-order valence-corrected chi connectivity index (χ0v) is 13.7. The van der Waals surface area contributed by atoms with Crippen molar-refractivity contribution in [3.05, 3.63) is 83.2 Å². The van der Waals surface area contributed by atoms with Gasteiger partial charge in [-0.05, 0) is 51.9 Å². The van der Waals surface area contributed by atoms with Crippen molar-refractivity contribution in [3.63, 3.8) is 0 Å². The number of benzene rings is 3. The highest BCUT2D eigenvalue weighted by molar-refractivity contribution is 5.93. The van der Waals surface area contributed by atoms with Crippen molar-refractivity contribution in [2.45, 2.75) is 26.2 Å². The number of halogens is 1. The van der Waals surface area contributed by atoms with Crippen molar-refractivity contribution in [2.75, 3.05) is 0 Å². The fourth-order valence-corrected chi connectivity index (χ4v) is 3.88. The van der Waals surface area contributed by atoms with E-state index in [0.29, 0.717) is 5.56 Å². The number of hydrogen-bond donors (Lipinski definition) is 0. The van der Waals surface area contributed by atoms with Crippen LogP contribution >= 0.6 is 0 Å². The highest BCUT2D eigenvalue weighted by Crippen LogP contribution is 2.52. The van der Waals surface area contributed by atoms with E-state index in [-0.39, 0.29) is 11.2 Å². The lowest BCUT2D eigenvalue weighted by Gasteiger charge is -2.21. The summed E-state index contributed by atoms with van der Waals surface area (Å²) in [5, 5.41) is 0. The summed E-state index contributed by atoms with van der Waals surface area (Å²) in [6.45, 7) is 6.38. The van der Waals surface area contributed by atoms with Gasteiger partial charge < -0.3 is 0 Å². The molecular formula is C22H19F. The third-order valence-electron chi connectivity index (χ3n) is 5.17. The second-order valence-electron chi connectivity index (χ2n) is 6.81. The van der Waals surface area contributed by atoms with Gasteiger partial charge in [0.2, 0.25) is 0 Å². The molecular weight excluding hydrogens is 283 g/mol. The summed E-state index contributed by atoms with van der Waals surface area (Å²) in [6, 6.07) is 20.3. The van der Waals surface area contributed by atoms with Crippen LogP contribution in [0, 0.1) is 12.7 Å². The van der Waals surface area contributed by atoms with Crippen LogP contribution in [0.5, 0.6) is 0 Å². The van der Waals surface area contributed by atoms with Crippen LogP contribution in [-0.2, 0) is 5.41 Å². The predicted molar refractivity (Wildman–Crippen MR) is 94.1 cm³/mol. The SMILES string of the molecule is Cc1c(F)cccc1-c1cccc2c1-c1ccccc1C2(C)C. The second kappa shape index (κ2) is 4.79. The molecule has 4 rings (SSSR count). The highest BCUT2D eigenvalue weighted by Gasteiger charge is 2.36. The molecule has 0 fully saturated rings. The fraction of sp³-hybridized carbons (Fsp3) is 0.182. The summed E-state index contributed by atoms with van der Waals surface area (Å²) < 4.78 is 14.1. The zero-order valence-electron chi connectivity index (χ0n) is 13.7. The fourth-order valence-electron chi connectivity index (χ4n) is 3.88. The minimum atomic E-state index is -0.148. The van der Waals surface area contributed by atoms with Gasteiger partial charge in [0.25, 0.3) is 0 Å². The predicted octanol–water partition coefficient (Wildman–Crippen LogP) is 6.11. The first-order valence-corrected chi connectivity index (χ1v) is 8.00. The van der Waals surface area contributed by atoms with E-state index in [0.717, 1.165) is 11.1 Å². The van der Waals surface area contributed by atoms with Gasteiger partial charge in [-0.3, -0.25) is 0 Å². The molecule has 0 saturated heterocycles. The molecule has 0 heterocycles. The number of rotatable bonds is 1. The van der Waals surface area contributed by atoms with Crippen LogP contribution in [0.15, 0.2) is 60.7 Å². The quantitative estimate of drug-likeness (QED) is 0.509. The van der Waals surface area contributed by atoms with Crippen LogP contribution in [0.25, 0.3) is 22.3 Å². The molecule has 0 aromatic heterocycles. The molecule has 0 aliphatic heterocycles. The Balaban J connectivity index is 2.09. The van der Waals surface area contributed by atoms with E-state index >= 15 is 0 Å². The summed E-state index contributed by atoms with van der Waals surface area (Å²) in [4.78, 5) is 0. The van der Waals surface area contributed by atoms with Gasteiger partial charge >= 0.3 is 0 Å². The number of fused-ring (bicyclic) bond motifs is 3. The third kappa shape index (κ3) is 1.89. The Morgan fingerprint density at radius 2 is 1.30 bits per heavy atom. The Morgan fingerprint density at radius 1 is 0.696 bits per heavy atom. The molecule has 0 radical (unpaired) electrons. The largest absolute Gasteiger partial charge is 0.207 e. The maximum atomic E-state index is 14.1. The van der Waals surface area contributed by atoms with Gasteiger partial charge in [0.1, 0.15) is 5.82 Å². The van der Waals surface area contributed by atoms with Crippen molar-refractivity contribution in [3.8, 4) is 22.3 Å². The van der Waals surface area contributed by atoms with Crippen LogP contribution in [-0.4, -0.2) is 0 Å². The van der Waals surface area contributed by atoms with Crippen LogP contribution in [0.4, 0.5) is 4.39 Å². The van der Waals surface area contributed by atoms with E-state index in [1.54, 1.807) is 6.07 Å². The van der Waals surface area contributed by atoms with Crippen molar-refractivity contribution >= 4 is 0 Å². The van der Waals surface area contributed by atoms with E-state index in [2.05, 4.69) is 56.3 Å². The molecule has 0 saturated carbocycles. The van der Waals surface area contributed by atoms with Crippen molar-refractivity contribution in [1.82, 2.24) is 0 Å². The molecule has 23 heavy (non-hydrogen) atoms. The normalized spacial score (nSPS) is 14.4. The first kappa shape index (κ1) is 14.2. The zero-order chi connectivity index (χ0) is 16.2. The molecule has 1 heteroatoms. The van der Waals surface area contributed by atoms with Crippen molar-refractivity contribution in [1.29, 1.82) is 0 Å². The van der Waals surface area contributed by atoms with Crippen LogP contribution in [0.2, 0.25) is 0 Å². The lowest BCUT2D eigenvalue weighted by atomic mass is 9.82. The number of hydrogen-bond acceptors (Lipinski definition) is 0. The minimum Gasteiger partial charge on any atom is -0.207 e. The molecule has 1 aliphatic carbocycles. The van der Waals surface area contributed by atoms with Crippen LogP contribution in [0.1, 0.15) is 30.5 Å². The maximum Gasteiger partial charge on any atom is 0.126 e. The Labute approximate surface area is 136 Å². The van der Waals surface area contributed by atoms with E-state index < -0.39 is 0 Å². The summed E-state index contributed by atoms with van der Waals surface area (Å²) in [6.07, 6.45) is 0. The highest BCUT2D eigenvalue weighted by atomic mass is 19.1. The smallest absolute Gasteiger partial charge is 0.126 e. The Kier molecular flexibility index (Phi) is 2.96. The van der Waals surface area contributed by atoms with E-state index in [1.165, 1.54) is 28.3 Å². The lowest BCUT2D eigenvalue weighted by Crippen LogP contribution is -2.14. The Morgan fingerprint density at radius 3 is 2.13 bits per heavy atom. The maximum absolute atomic E-state index is 14.1. The Bertz CT molecular complexity index is 919. The van der Waals surface area contributed by atoms with Gasteiger partial charge in [0.05, 0.1) is 0 Å². The molecule has 0 spiro atoms. The van der Waals surface area contributed by atoms with E-state index in [1.807, 2.05) is 13.0 Å². The monoisotopic (exact) mass is 302 g/mol. The third-order valence-corrected chi connectivity index (χ3v) is 5.17. The molecule has 0 N–H and O–H groups in total. The van der Waals surface area contributed by atoms with Gasteiger partial charge in [-0.15, -0.1) is 0 Å². The van der Waals surface area contributed by atoms with Gasteiger partial charge in [-0.2, -0.15) is 0 Å². The molecule has 1 aliphatic rings. The summed E-state index contributed by atoms with van der Waals surface area (Å²) in [5.41, 5.74) is 7.98. The average Bonchev–Trinajstić information content (AvgIpc) is 2.79. The molecule has 3 aromatic rings. The van der Waals surface area contributed by atoms with Crippen molar-refractivity contribution < 1.29 is 4.39 Å². The van der Waals surface area contributed by atoms with E-state index in [9.17, 15) is 4.39 Å². The summed E-state index contributed by atoms with van der Waals surface area (Å²) >= 11 is 0. The summed E-state index contributed by atoms with van der Waals surface area (Å²) in [7, 11) is 0. The molecule has 0 amide bonds. The van der Waals surface area contributed by atoms with Gasteiger partial charge in [0, 0.05) is 5.41 Å². The molecule has 0 nitrogen and oxygen atoms in total. The molecule has 3 aromatic carbocycles. The lowest BCUT2D eigenvalue weighted by molar-refractivity contribution is 0.619. The van der Waals surface area contributed by atoms with Crippen molar-refractivity contribution in [2.24, 2.45) is 0 Å². The summed E-state index contributed by atoms with van der Waals surface area (Å²) in [5.74, 6) is -0.148. The van der Waals surface area contributed by atoms with E-state index in [4.69, 9.17) is 0 Å². The molecule has 0 bridgehead atoms. The first-order valence-electron chi connectivity index (χ1n) is 8.00. The van der Waals surface area contributed by atoms with Gasteiger partial charge in [0.15, 0.2) is 0 Å². The molecule has 0 atom stereocenters. The molecule has 0 unspecified atom stereocenters. The standard InChI is InChI=1S/C22H19F/c1-14-15(9-7-13-20(14)23)16-10-6-12-19-21(16)17-8-4-5-11-18(17)22(19,2)3/h4-13H,1-3H3. The topological polar surface area (TPSA) is 0 Å². The van der Waals surface area contributed by atoms with Gasteiger partial charge in [-0.25, -0.2) is 4.39 Å². The second-order valence-corrected chi connectivity index (χ2v) is 6.81. The van der Waals surface area contributed by atoms with Gasteiger partial charge in [-0.1, -0.05) is 68.4 Å². The van der Waals surface area contributed by atoms with Crippen LogP contribution in [0.3, 0.4) is 0 Å². The first-order chi connectivity index (χ1) is 11.0. The average molecular weight is 302 g/mol. The Hall–Kier alpha value is -2.41. The minimum absolute atomic E-state index is 0.0246.